The normalized spacial score (nSPS) is 16.8. The Balaban J connectivity index is 1.45. The van der Waals surface area contributed by atoms with E-state index < -0.39 is 0 Å². The molecular weight excluding hydrogens is 400 g/mol. The standard InChI is InChI=1S/C25H20N6O/c26-12-16-1-3-17(4-2-16)18-10-23-25-28-7-8-30(25)22-6-5-21(9-19(22)14-29(23)13-18)31-15-20(27)11-24(31)32/h1-10,13,20H,11,14-15,27H2/t20-/m0/s1. The maximum Gasteiger partial charge on any atom is 0.228 e. The number of anilines is 1. The highest BCUT2D eigenvalue weighted by atomic mass is 16.2. The Bertz CT molecular complexity index is 1410. The van der Waals surface area contributed by atoms with Crippen LogP contribution in [0.25, 0.3) is 28.3 Å². The van der Waals surface area contributed by atoms with Gasteiger partial charge in [0.05, 0.1) is 23.0 Å². The molecular formula is C25H20N6O. The first-order chi connectivity index (χ1) is 15.6. The molecule has 0 aliphatic carbocycles. The molecule has 6 rings (SSSR count). The van der Waals surface area contributed by atoms with Crippen LogP contribution in [0.4, 0.5) is 5.69 Å². The van der Waals surface area contributed by atoms with E-state index in [1.807, 2.05) is 36.5 Å². The number of aromatic nitrogens is 3. The fourth-order valence-corrected chi connectivity index (χ4v) is 4.68. The van der Waals surface area contributed by atoms with Gasteiger partial charge in [-0.05, 0) is 47.5 Å². The summed E-state index contributed by atoms with van der Waals surface area (Å²) in [4.78, 5) is 18.8. The summed E-state index contributed by atoms with van der Waals surface area (Å²) in [5, 5.41) is 9.08. The minimum Gasteiger partial charge on any atom is -0.340 e. The van der Waals surface area contributed by atoms with E-state index in [9.17, 15) is 4.79 Å². The maximum absolute atomic E-state index is 12.4. The number of nitrogens with zero attached hydrogens (tertiary/aromatic N) is 5. The van der Waals surface area contributed by atoms with Crippen molar-refractivity contribution in [2.45, 2.75) is 19.0 Å². The lowest BCUT2D eigenvalue weighted by atomic mass is 10.1. The van der Waals surface area contributed by atoms with Crippen LogP contribution in [0.15, 0.2) is 67.1 Å². The summed E-state index contributed by atoms with van der Waals surface area (Å²) in [6.07, 6.45) is 6.28. The molecule has 2 aromatic carbocycles. The highest BCUT2D eigenvalue weighted by Crippen LogP contribution is 2.35. The summed E-state index contributed by atoms with van der Waals surface area (Å²) in [6.45, 7) is 1.21. The van der Waals surface area contributed by atoms with Gasteiger partial charge in [0.1, 0.15) is 0 Å². The molecule has 0 unspecified atom stereocenters. The monoisotopic (exact) mass is 420 g/mol. The van der Waals surface area contributed by atoms with Gasteiger partial charge in [0.25, 0.3) is 0 Å². The molecule has 4 aromatic rings. The maximum atomic E-state index is 12.4. The molecule has 1 saturated heterocycles. The van der Waals surface area contributed by atoms with Crippen LogP contribution in [-0.2, 0) is 11.3 Å². The Kier molecular flexibility index (Phi) is 4.03. The largest absolute Gasteiger partial charge is 0.340 e. The summed E-state index contributed by atoms with van der Waals surface area (Å²) >= 11 is 0. The lowest BCUT2D eigenvalue weighted by molar-refractivity contribution is -0.117. The second-order valence-corrected chi connectivity index (χ2v) is 8.33. The van der Waals surface area contributed by atoms with E-state index in [1.165, 1.54) is 0 Å². The summed E-state index contributed by atoms with van der Waals surface area (Å²) in [7, 11) is 0. The van der Waals surface area contributed by atoms with Crippen LogP contribution in [0.3, 0.4) is 0 Å². The molecule has 2 aliphatic rings. The third-order valence-corrected chi connectivity index (χ3v) is 6.24. The van der Waals surface area contributed by atoms with Crippen LogP contribution in [0.2, 0.25) is 0 Å². The molecule has 1 atom stereocenters. The van der Waals surface area contributed by atoms with Crippen molar-refractivity contribution in [2.75, 3.05) is 11.4 Å². The van der Waals surface area contributed by atoms with Crippen molar-refractivity contribution in [2.24, 2.45) is 5.73 Å². The van der Waals surface area contributed by atoms with Crippen LogP contribution >= 0.6 is 0 Å². The van der Waals surface area contributed by atoms with Gasteiger partial charge in [-0.2, -0.15) is 5.26 Å². The van der Waals surface area contributed by atoms with Gasteiger partial charge in [-0.15, -0.1) is 0 Å². The smallest absolute Gasteiger partial charge is 0.228 e. The van der Waals surface area contributed by atoms with Gasteiger partial charge >= 0.3 is 0 Å². The van der Waals surface area contributed by atoms with E-state index in [4.69, 9.17) is 11.0 Å². The molecule has 0 spiro atoms. The zero-order valence-corrected chi connectivity index (χ0v) is 17.3. The number of amides is 1. The predicted octanol–water partition coefficient (Wildman–Crippen LogP) is 3.31. The summed E-state index contributed by atoms with van der Waals surface area (Å²) in [5.74, 6) is 0.940. The van der Waals surface area contributed by atoms with Crippen molar-refractivity contribution in [1.82, 2.24) is 14.1 Å². The van der Waals surface area contributed by atoms with Gasteiger partial charge < -0.3 is 15.2 Å². The van der Waals surface area contributed by atoms with Crippen LogP contribution in [-0.4, -0.2) is 32.6 Å². The number of carbonyl (C=O) groups excluding carboxylic acids is 1. The highest BCUT2D eigenvalue weighted by Gasteiger charge is 2.29. The molecule has 0 radical (unpaired) electrons. The van der Waals surface area contributed by atoms with Gasteiger partial charge in [0.2, 0.25) is 5.91 Å². The van der Waals surface area contributed by atoms with Crippen LogP contribution in [0.1, 0.15) is 17.5 Å². The van der Waals surface area contributed by atoms with Crippen LogP contribution in [0, 0.1) is 11.3 Å². The first-order valence-electron chi connectivity index (χ1n) is 10.5. The van der Waals surface area contributed by atoms with Gasteiger partial charge in [0.15, 0.2) is 5.82 Å². The molecule has 1 amide bonds. The fourth-order valence-electron chi connectivity index (χ4n) is 4.68. The van der Waals surface area contributed by atoms with Gasteiger partial charge in [-0.3, -0.25) is 9.36 Å². The number of rotatable bonds is 2. The van der Waals surface area contributed by atoms with E-state index in [2.05, 4.69) is 44.6 Å². The Hall–Kier alpha value is -4.15. The van der Waals surface area contributed by atoms with Gasteiger partial charge in [0, 0.05) is 55.4 Å². The first kappa shape index (κ1) is 18.6. The van der Waals surface area contributed by atoms with E-state index in [1.54, 1.807) is 11.1 Å². The number of fused-ring (bicyclic) bond motifs is 5. The fraction of sp³-hybridized carbons (Fsp3) is 0.160. The van der Waals surface area contributed by atoms with Gasteiger partial charge in [-0.1, -0.05) is 12.1 Å². The number of hydrogen-bond acceptors (Lipinski definition) is 4. The van der Waals surface area contributed by atoms with Crippen molar-refractivity contribution in [3.8, 4) is 34.4 Å². The molecule has 156 valence electrons. The minimum atomic E-state index is -0.118. The summed E-state index contributed by atoms with van der Waals surface area (Å²) in [5.41, 5.74) is 12.8. The van der Waals surface area contributed by atoms with Crippen LogP contribution < -0.4 is 10.6 Å². The first-order valence-corrected chi connectivity index (χ1v) is 10.5. The van der Waals surface area contributed by atoms with Crippen molar-refractivity contribution in [1.29, 1.82) is 5.26 Å². The van der Waals surface area contributed by atoms with Crippen LogP contribution in [0.5, 0.6) is 0 Å². The second kappa shape index (κ2) is 6.94. The lowest BCUT2D eigenvalue weighted by Gasteiger charge is -2.19. The Morgan fingerprint density at radius 1 is 1.09 bits per heavy atom. The molecule has 32 heavy (non-hydrogen) atoms. The summed E-state index contributed by atoms with van der Waals surface area (Å²) in [6, 6.07) is 17.9. The van der Waals surface area contributed by atoms with E-state index in [0.717, 1.165) is 39.6 Å². The lowest BCUT2D eigenvalue weighted by Crippen LogP contribution is -2.28. The number of nitriles is 1. The third kappa shape index (κ3) is 2.85. The van der Waals surface area contributed by atoms with Crippen molar-refractivity contribution >= 4 is 11.6 Å². The molecule has 0 bridgehead atoms. The molecule has 7 heteroatoms. The molecule has 2 aliphatic heterocycles. The Morgan fingerprint density at radius 3 is 2.69 bits per heavy atom. The molecule has 0 saturated carbocycles. The van der Waals surface area contributed by atoms with E-state index in [-0.39, 0.29) is 11.9 Å². The minimum absolute atomic E-state index is 0.0687. The molecule has 1 fully saturated rings. The number of imidazole rings is 1. The second-order valence-electron chi connectivity index (χ2n) is 8.33. The highest BCUT2D eigenvalue weighted by molar-refractivity contribution is 5.96. The van der Waals surface area contributed by atoms with E-state index in [0.29, 0.717) is 25.1 Å². The number of benzene rings is 2. The third-order valence-electron chi connectivity index (χ3n) is 6.24. The SMILES string of the molecule is N#Cc1ccc(-c2cc3n(c2)Cc2cc(N4C[C@@H](N)CC4=O)ccc2-n2ccnc2-3)cc1. The Labute approximate surface area is 184 Å². The van der Waals surface area contributed by atoms with Crippen molar-refractivity contribution < 1.29 is 4.79 Å². The molecule has 2 N–H and O–H groups in total. The zero-order chi connectivity index (χ0) is 21.8. The number of hydrogen-bond donors (Lipinski definition) is 1. The average molecular weight is 420 g/mol. The number of carbonyl (C=O) groups is 1. The molecule has 7 nitrogen and oxygen atoms in total. The predicted molar refractivity (Wildman–Crippen MR) is 121 cm³/mol. The Morgan fingerprint density at radius 2 is 1.94 bits per heavy atom. The zero-order valence-electron chi connectivity index (χ0n) is 17.3. The van der Waals surface area contributed by atoms with Crippen molar-refractivity contribution in [3.63, 3.8) is 0 Å². The topological polar surface area (TPSA) is 92.9 Å². The van der Waals surface area contributed by atoms with Gasteiger partial charge in [-0.25, -0.2) is 4.98 Å². The van der Waals surface area contributed by atoms with Crippen molar-refractivity contribution in [3.05, 3.63) is 78.2 Å². The average Bonchev–Trinajstić information content (AvgIpc) is 3.51. The quantitative estimate of drug-likeness (QED) is 0.474. The number of nitrogens with two attached hydrogens (primary N) is 1. The molecule has 2 aromatic heterocycles. The molecule has 4 heterocycles. The summed E-state index contributed by atoms with van der Waals surface area (Å²) < 4.78 is 4.29. The van der Waals surface area contributed by atoms with E-state index >= 15 is 0 Å².